The van der Waals surface area contributed by atoms with Crippen molar-refractivity contribution in [2.24, 2.45) is 0 Å². The maximum Gasteiger partial charge on any atom is 0.534 e. The van der Waals surface area contributed by atoms with Gasteiger partial charge in [0, 0.05) is 6.42 Å². The fourth-order valence-corrected chi connectivity index (χ4v) is 1.79. The van der Waals surface area contributed by atoms with E-state index in [1.807, 2.05) is 0 Å². The standard InChI is InChI=1S/C10H9F3O5S/c1-2-3-4-5-7-8(6-17-9(7)14)18-19(15,16)10(11,12)13/h1H,3-6H2. The monoisotopic (exact) mass is 298 g/mol. The number of cyclic esters (lactones) is 1. The van der Waals surface area contributed by atoms with E-state index in [0.717, 1.165) is 0 Å². The number of alkyl halides is 3. The minimum atomic E-state index is -5.80. The first-order chi connectivity index (χ1) is 8.69. The van der Waals surface area contributed by atoms with Crippen LogP contribution >= 0.6 is 0 Å². The summed E-state index contributed by atoms with van der Waals surface area (Å²) in [6, 6.07) is 0. The van der Waals surface area contributed by atoms with E-state index in [1.165, 1.54) is 0 Å². The number of unbranched alkanes of at least 4 members (excludes halogenated alkanes) is 1. The summed E-state index contributed by atoms with van der Waals surface area (Å²) < 4.78 is 66.4. The summed E-state index contributed by atoms with van der Waals surface area (Å²) in [5, 5.41) is 0. The van der Waals surface area contributed by atoms with Crippen molar-refractivity contribution < 1.29 is 35.3 Å². The average molecular weight is 298 g/mol. The summed E-state index contributed by atoms with van der Waals surface area (Å²) in [6.45, 7) is -0.639. The molecule has 0 radical (unpaired) electrons. The van der Waals surface area contributed by atoms with Gasteiger partial charge in [0.25, 0.3) is 0 Å². The second-order valence-corrected chi connectivity index (χ2v) is 5.06. The second kappa shape index (κ2) is 5.52. The van der Waals surface area contributed by atoms with Gasteiger partial charge in [0.1, 0.15) is 0 Å². The molecule has 0 aromatic carbocycles. The number of rotatable bonds is 5. The molecule has 0 aromatic rings. The number of carbonyl (C=O) groups excluding carboxylic acids is 1. The number of terminal acetylenes is 1. The summed E-state index contributed by atoms with van der Waals surface area (Å²) in [5.41, 5.74) is -5.79. The van der Waals surface area contributed by atoms with E-state index >= 15 is 0 Å². The van der Waals surface area contributed by atoms with Crippen LogP contribution < -0.4 is 0 Å². The molecule has 0 N–H and O–H groups in total. The van der Waals surface area contributed by atoms with Crippen molar-refractivity contribution in [3.05, 3.63) is 11.3 Å². The molecule has 0 aromatic heterocycles. The fourth-order valence-electron chi connectivity index (χ4n) is 1.28. The van der Waals surface area contributed by atoms with Crippen molar-refractivity contribution in [3.63, 3.8) is 0 Å². The third-order valence-corrected chi connectivity index (χ3v) is 3.15. The van der Waals surface area contributed by atoms with Crippen molar-refractivity contribution in [2.75, 3.05) is 6.61 Å². The van der Waals surface area contributed by atoms with Crippen LogP contribution in [-0.4, -0.2) is 26.5 Å². The van der Waals surface area contributed by atoms with Crippen LogP contribution in [0.4, 0.5) is 13.2 Å². The maximum absolute atomic E-state index is 12.1. The lowest BCUT2D eigenvalue weighted by atomic mass is 10.1. The van der Waals surface area contributed by atoms with Gasteiger partial charge < -0.3 is 8.92 Å². The minimum Gasteiger partial charge on any atom is -0.454 e. The summed E-state index contributed by atoms with van der Waals surface area (Å²) >= 11 is 0. The zero-order valence-corrected chi connectivity index (χ0v) is 10.3. The molecular formula is C10H9F3O5S. The Morgan fingerprint density at radius 1 is 1.42 bits per heavy atom. The molecule has 19 heavy (non-hydrogen) atoms. The predicted octanol–water partition coefficient (Wildman–Crippen LogP) is 1.47. The van der Waals surface area contributed by atoms with E-state index in [4.69, 9.17) is 6.42 Å². The lowest BCUT2D eigenvalue weighted by molar-refractivity contribution is -0.136. The third-order valence-electron chi connectivity index (χ3n) is 2.16. The molecule has 1 aliphatic rings. The Morgan fingerprint density at radius 2 is 2.05 bits per heavy atom. The Bertz CT molecular complexity index is 538. The normalized spacial score (nSPS) is 16.2. The first-order valence-electron chi connectivity index (χ1n) is 5.02. The molecule has 0 aliphatic carbocycles. The average Bonchev–Trinajstić information content (AvgIpc) is 2.59. The highest BCUT2D eigenvalue weighted by molar-refractivity contribution is 7.87. The maximum atomic E-state index is 12.1. The van der Waals surface area contributed by atoms with E-state index in [0.29, 0.717) is 6.42 Å². The first kappa shape index (κ1) is 15.4. The number of ether oxygens (including phenoxy) is 1. The van der Waals surface area contributed by atoms with Gasteiger partial charge in [-0.3, -0.25) is 0 Å². The SMILES string of the molecule is C#CCCCC1=C(OS(=O)(=O)C(F)(F)F)COC1=O. The molecule has 1 aliphatic heterocycles. The third kappa shape index (κ3) is 3.64. The Morgan fingerprint density at radius 3 is 2.58 bits per heavy atom. The molecule has 0 spiro atoms. The van der Waals surface area contributed by atoms with Crippen molar-refractivity contribution in [1.82, 2.24) is 0 Å². The highest BCUT2D eigenvalue weighted by atomic mass is 32.2. The molecule has 0 bridgehead atoms. The summed E-state index contributed by atoms with van der Waals surface area (Å²) in [7, 11) is -5.80. The molecule has 106 valence electrons. The summed E-state index contributed by atoms with van der Waals surface area (Å²) in [4.78, 5) is 11.2. The fraction of sp³-hybridized carbons (Fsp3) is 0.500. The van der Waals surface area contributed by atoms with Gasteiger partial charge in [0.05, 0.1) is 5.57 Å². The van der Waals surface area contributed by atoms with Crippen molar-refractivity contribution in [1.29, 1.82) is 0 Å². The van der Waals surface area contributed by atoms with Gasteiger partial charge in [-0.1, -0.05) is 0 Å². The first-order valence-corrected chi connectivity index (χ1v) is 6.43. The lowest BCUT2D eigenvalue weighted by Gasteiger charge is -2.09. The van der Waals surface area contributed by atoms with Crippen LogP contribution in [0.15, 0.2) is 11.3 Å². The zero-order chi connectivity index (χ0) is 14.7. The van der Waals surface area contributed by atoms with E-state index in [-0.39, 0.29) is 18.4 Å². The highest BCUT2D eigenvalue weighted by Crippen LogP contribution is 2.30. The van der Waals surface area contributed by atoms with Crippen LogP contribution in [0.3, 0.4) is 0 Å². The highest BCUT2D eigenvalue weighted by Gasteiger charge is 2.49. The van der Waals surface area contributed by atoms with Crippen molar-refractivity contribution in [3.8, 4) is 12.3 Å². The number of carbonyl (C=O) groups is 1. The van der Waals surface area contributed by atoms with Gasteiger partial charge in [0.2, 0.25) is 0 Å². The van der Waals surface area contributed by atoms with Gasteiger partial charge in [-0.2, -0.15) is 21.6 Å². The topological polar surface area (TPSA) is 69.7 Å². The molecule has 0 saturated heterocycles. The van der Waals surface area contributed by atoms with E-state index in [2.05, 4.69) is 14.8 Å². The van der Waals surface area contributed by atoms with Crippen LogP contribution in [0.1, 0.15) is 19.3 Å². The number of hydrogen-bond donors (Lipinski definition) is 0. The number of halogens is 3. The van der Waals surface area contributed by atoms with Crippen LogP contribution in [0, 0.1) is 12.3 Å². The van der Waals surface area contributed by atoms with Gasteiger partial charge in [-0.05, 0) is 12.8 Å². The van der Waals surface area contributed by atoms with Crippen LogP contribution in [0.25, 0.3) is 0 Å². The number of esters is 1. The molecule has 0 atom stereocenters. The second-order valence-electron chi connectivity index (χ2n) is 3.52. The van der Waals surface area contributed by atoms with Gasteiger partial charge in [-0.15, -0.1) is 12.3 Å². The minimum absolute atomic E-state index is 0.00819. The van der Waals surface area contributed by atoms with Crippen LogP contribution in [0.5, 0.6) is 0 Å². The van der Waals surface area contributed by atoms with Crippen molar-refractivity contribution >= 4 is 16.1 Å². The quantitative estimate of drug-likeness (QED) is 0.253. The number of hydrogen-bond acceptors (Lipinski definition) is 5. The van der Waals surface area contributed by atoms with Gasteiger partial charge >= 0.3 is 21.6 Å². The van der Waals surface area contributed by atoms with E-state index in [1.54, 1.807) is 0 Å². The molecule has 5 nitrogen and oxygen atoms in total. The van der Waals surface area contributed by atoms with Crippen LogP contribution in [-0.2, 0) is 23.8 Å². The molecule has 1 rings (SSSR count). The Balaban J connectivity index is 2.91. The zero-order valence-electron chi connectivity index (χ0n) is 9.49. The van der Waals surface area contributed by atoms with Crippen molar-refractivity contribution in [2.45, 2.75) is 24.8 Å². The smallest absolute Gasteiger partial charge is 0.454 e. The van der Waals surface area contributed by atoms with E-state index < -0.39 is 34.0 Å². The van der Waals surface area contributed by atoms with Crippen LogP contribution in [0.2, 0.25) is 0 Å². The summed E-state index contributed by atoms with van der Waals surface area (Å²) in [5.74, 6) is 0.742. The molecule has 0 amide bonds. The molecular weight excluding hydrogens is 289 g/mol. The Kier molecular flexibility index (Phi) is 4.47. The van der Waals surface area contributed by atoms with Gasteiger partial charge in [0.15, 0.2) is 12.4 Å². The predicted molar refractivity (Wildman–Crippen MR) is 56.7 cm³/mol. The van der Waals surface area contributed by atoms with E-state index in [9.17, 15) is 26.4 Å². The molecule has 1 heterocycles. The molecule has 0 fully saturated rings. The molecule has 0 unspecified atom stereocenters. The lowest BCUT2D eigenvalue weighted by Crippen LogP contribution is -2.25. The Labute approximate surface area is 107 Å². The molecule has 9 heteroatoms. The summed E-state index contributed by atoms with van der Waals surface area (Å²) in [6.07, 6.45) is 5.57. The Hall–Kier alpha value is -1.69. The largest absolute Gasteiger partial charge is 0.534 e. The van der Waals surface area contributed by atoms with Gasteiger partial charge in [-0.25, -0.2) is 4.79 Å². The molecule has 0 saturated carbocycles.